The van der Waals surface area contributed by atoms with Crippen molar-refractivity contribution in [1.29, 1.82) is 0 Å². The fourth-order valence-electron chi connectivity index (χ4n) is 2.09. The summed E-state index contributed by atoms with van der Waals surface area (Å²) < 4.78 is 16.1. The fraction of sp³-hybridized carbons (Fsp3) is 0.278. The Morgan fingerprint density at radius 2 is 1.78 bits per heavy atom. The van der Waals surface area contributed by atoms with Gasteiger partial charge in [0.15, 0.2) is 6.10 Å². The first-order valence-electron chi connectivity index (χ1n) is 7.29. The molecule has 2 rings (SSSR count). The number of rotatable bonds is 6. The van der Waals surface area contributed by atoms with Crippen molar-refractivity contribution in [3.05, 3.63) is 48.0 Å². The summed E-state index contributed by atoms with van der Waals surface area (Å²) in [7, 11) is 3.15. The van der Waals surface area contributed by atoms with Crippen molar-refractivity contribution in [3.8, 4) is 17.2 Å². The molecule has 0 bridgehead atoms. The van der Waals surface area contributed by atoms with Crippen LogP contribution in [0.15, 0.2) is 42.5 Å². The predicted octanol–water partition coefficient (Wildman–Crippen LogP) is 3.42. The van der Waals surface area contributed by atoms with Crippen LogP contribution in [0.4, 0.5) is 5.69 Å². The number of benzene rings is 2. The van der Waals surface area contributed by atoms with Gasteiger partial charge in [0.05, 0.1) is 19.9 Å². The molecule has 0 aliphatic rings. The molecule has 1 N–H and O–H groups in total. The lowest BCUT2D eigenvalue weighted by atomic mass is 10.2. The summed E-state index contributed by atoms with van der Waals surface area (Å²) in [6, 6.07) is 12.7. The van der Waals surface area contributed by atoms with Crippen LogP contribution in [0.5, 0.6) is 17.2 Å². The van der Waals surface area contributed by atoms with Crippen molar-refractivity contribution in [2.45, 2.75) is 20.0 Å². The first kappa shape index (κ1) is 16.7. The zero-order chi connectivity index (χ0) is 16.8. The standard InChI is InChI=1S/C18H21NO4/c1-12-8-9-17(22-4)16(10-12)19-18(20)13(2)23-15-7-5-6-14(11-15)21-3/h5-11,13H,1-4H3,(H,19,20). The Morgan fingerprint density at radius 3 is 2.48 bits per heavy atom. The van der Waals surface area contributed by atoms with E-state index in [1.165, 1.54) is 0 Å². The van der Waals surface area contributed by atoms with Crippen molar-refractivity contribution in [1.82, 2.24) is 0 Å². The highest BCUT2D eigenvalue weighted by Crippen LogP contribution is 2.26. The minimum absolute atomic E-state index is 0.253. The molecule has 23 heavy (non-hydrogen) atoms. The van der Waals surface area contributed by atoms with Gasteiger partial charge in [-0.25, -0.2) is 0 Å². The Balaban J connectivity index is 2.06. The molecular formula is C18H21NO4. The highest BCUT2D eigenvalue weighted by Gasteiger charge is 2.17. The molecule has 0 aliphatic carbocycles. The predicted molar refractivity (Wildman–Crippen MR) is 89.4 cm³/mol. The number of carbonyl (C=O) groups excluding carboxylic acids is 1. The average Bonchev–Trinajstić information content (AvgIpc) is 2.55. The van der Waals surface area contributed by atoms with Crippen molar-refractivity contribution in [3.63, 3.8) is 0 Å². The molecule has 5 heteroatoms. The number of nitrogens with one attached hydrogen (secondary N) is 1. The first-order valence-corrected chi connectivity index (χ1v) is 7.29. The second-order valence-corrected chi connectivity index (χ2v) is 5.13. The topological polar surface area (TPSA) is 56.8 Å². The van der Waals surface area contributed by atoms with Crippen LogP contribution in [-0.2, 0) is 4.79 Å². The molecule has 5 nitrogen and oxygen atoms in total. The molecule has 2 aromatic rings. The summed E-state index contributed by atoms with van der Waals surface area (Å²) in [6.07, 6.45) is -0.660. The van der Waals surface area contributed by atoms with E-state index in [1.807, 2.05) is 37.3 Å². The number of aryl methyl sites for hydroxylation is 1. The molecule has 2 aromatic carbocycles. The Kier molecular flexibility index (Phi) is 5.46. The van der Waals surface area contributed by atoms with Crippen molar-refractivity contribution >= 4 is 11.6 Å². The number of carbonyl (C=O) groups is 1. The number of amides is 1. The minimum atomic E-state index is -0.660. The van der Waals surface area contributed by atoms with Crippen LogP contribution in [-0.4, -0.2) is 26.2 Å². The van der Waals surface area contributed by atoms with Crippen LogP contribution >= 0.6 is 0 Å². The third-order valence-corrected chi connectivity index (χ3v) is 3.34. The van der Waals surface area contributed by atoms with Crippen molar-refractivity contribution < 1.29 is 19.0 Å². The smallest absolute Gasteiger partial charge is 0.265 e. The summed E-state index contributed by atoms with van der Waals surface area (Å²) in [5, 5.41) is 2.83. The maximum absolute atomic E-state index is 12.3. The lowest BCUT2D eigenvalue weighted by Gasteiger charge is -2.17. The maximum Gasteiger partial charge on any atom is 0.265 e. The third-order valence-electron chi connectivity index (χ3n) is 3.34. The molecule has 1 unspecified atom stereocenters. The molecule has 0 spiro atoms. The second kappa shape index (κ2) is 7.54. The highest BCUT2D eigenvalue weighted by molar-refractivity contribution is 5.95. The van der Waals surface area contributed by atoms with Gasteiger partial charge in [-0.1, -0.05) is 12.1 Å². The molecule has 0 aliphatic heterocycles. The molecule has 0 radical (unpaired) electrons. The molecule has 1 amide bonds. The van der Waals surface area contributed by atoms with E-state index >= 15 is 0 Å². The Morgan fingerprint density at radius 1 is 1.04 bits per heavy atom. The summed E-state index contributed by atoms with van der Waals surface area (Å²) in [5.74, 6) is 1.60. The van der Waals surface area contributed by atoms with E-state index in [9.17, 15) is 4.79 Å². The average molecular weight is 315 g/mol. The monoisotopic (exact) mass is 315 g/mol. The van der Waals surface area contributed by atoms with E-state index in [1.54, 1.807) is 33.3 Å². The Labute approximate surface area is 136 Å². The van der Waals surface area contributed by atoms with E-state index < -0.39 is 6.10 Å². The molecule has 122 valence electrons. The number of anilines is 1. The van der Waals surface area contributed by atoms with E-state index in [0.29, 0.717) is 22.9 Å². The fourth-order valence-corrected chi connectivity index (χ4v) is 2.09. The van der Waals surface area contributed by atoms with Crippen LogP contribution in [0.2, 0.25) is 0 Å². The summed E-state index contributed by atoms with van der Waals surface area (Å²) >= 11 is 0. The number of hydrogen-bond acceptors (Lipinski definition) is 4. The van der Waals surface area contributed by atoms with Crippen LogP contribution in [0.1, 0.15) is 12.5 Å². The zero-order valence-electron chi connectivity index (χ0n) is 13.8. The zero-order valence-corrected chi connectivity index (χ0v) is 13.8. The number of ether oxygens (including phenoxy) is 3. The van der Waals surface area contributed by atoms with Gasteiger partial charge in [-0.05, 0) is 43.7 Å². The van der Waals surface area contributed by atoms with Gasteiger partial charge in [-0.15, -0.1) is 0 Å². The van der Waals surface area contributed by atoms with E-state index in [2.05, 4.69) is 5.32 Å². The first-order chi connectivity index (χ1) is 11.0. The van der Waals surface area contributed by atoms with E-state index in [0.717, 1.165) is 5.56 Å². The Hall–Kier alpha value is -2.69. The number of methoxy groups -OCH3 is 2. The van der Waals surface area contributed by atoms with E-state index in [4.69, 9.17) is 14.2 Å². The quantitative estimate of drug-likeness (QED) is 0.887. The van der Waals surface area contributed by atoms with Crippen LogP contribution in [0, 0.1) is 6.92 Å². The maximum atomic E-state index is 12.3. The minimum Gasteiger partial charge on any atom is -0.497 e. The lowest BCUT2D eigenvalue weighted by molar-refractivity contribution is -0.122. The summed E-state index contributed by atoms with van der Waals surface area (Å²) in [4.78, 5) is 12.3. The molecule has 0 saturated carbocycles. The largest absolute Gasteiger partial charge is 0.497 e. The molecule has 0 aromatic heterocycles. The number of hydrogen-bond donors (Lipinski definition) is 1. The third kappa shape index (κ3) is 4.39. The van der Waals surface area contributed by atoms with Gasteiger partial charge >= 0.3 is 0 Å². The second-order valence-electron chi connectivity index (χ2n) is 5.13. The van der Waals surface area contributed by atoms with Gasteiger partial charge in [0.1, 0.15) is 17.2 Å². The van der Waals surface area contributed by atoms with E-state index in [-0.39, 0.29) is 5.91 Å². The lowest BCUT2D eigenvalue weighted by Crippen LogP contribution is -2.30. The van der Waals surface area contributed by atoms with Gasteiger partial charge in [0.25, 0.3) is 5.91 Å². The molecule has 0 saturated heterocycles. The molecule has 0 heterocycles. The van der Waals surface area contributed by atoms with Gasteiger partial charge in [-0.2, -0.15) is 0 Å². The van der Waals surface area contributed by atoms with Gasteiger partial charge < -0.3 is 19.5 Å². The summed E-state index contributed by atoms with van der Waals surface area (Å²) in [5.41, 5.74) is 1.65. The molecule has 1 atom stereocenters. The van der Waals surface area contributed by atoms with Gasteiger partial charge in [0.2, 0.25) is 0 Å². The molecule has 0 fully saturated rings. The normalized spacial score (nSPS) is 11.5. The van der Waals surface area contributed by atoms with Crippen molar-refractivity contribution in [2.24, 2.45) is 0 Å². The summed E-state index contributed by atoms with van der Waals surface area (Å²) in [6.45, 7) is 3.64. The Bertz CT molecular complexity index is 684. The highest BCUT2D eigenvalue weighted by atomic mass is 16.5. The van der Waals surface area contributed by atoms with Crippen LogP contribution in [0.3, 0.4) is 0 Å². The van der Waals surface area contributed by atoms with Crippen LogP contribution in [0.25, 0.3) is 0 Å². The van der Waals surface area contributed by atoms with Crippen molar-refractivity contribution in [2.75, 3.05) is 19.5 Å². The SMILES string of the molecule is COc1cccc(OC(C)C(=O)Nc2cc(C)ccc2OC)c1. The van der Waals surface area contributed by atoms with Crippen LogP contribution < -0.4 is 19.5 Å². The molecular weight excluding hydrogens is 294 g/mol. The van der Waals surface area contributed by atoms with Gasteiger partial charge in [-0.3, -0.25) is 4.79 Å². The van der Waals surface area contributed by atoms with Gasteiger partial charge in [0, 0.05) is 6.07 Å².